The van der Waals surface area contributed by atoms with Crippen LogP contribution in [0.2, 0.25) is 0 Å². The van der Waals surface area contributed by atoms with Crippen molar-refractivity contribution in [1.82, 2.24) is 19.9 Å². The zero-order valence-electron chi connectivity index (χ0n) is 18.4. The molecule has 5 rings (SSSR count). The Bertz CT molecular complexity index is 1250. The van der Waals surface area contributed by atoms with E-state index in [2.05, 4.69) is 60.4 Å². The summed E-state index contributed by atoms with van der Waals surface area (Å²) in [5.41, 5.74) is 4.51. The monoisotopic (exact) mass is 426 g/mol. The Balaban J connectivity index is 1.30. The van der Waals surface area contributed by atoms with Gasteiger partial charge in [0.2, 0.25) is 0 Å². The van der Waals surface area contributed by atoms with Crippen molar-refractivity contribution < 1.29 is 9.68 Å². The first kappa shape index (κ1) is 20.1. The van der Waals surface area contributed by atoms with Gasteiger partial charge in [-0.3, -0.25) is 0 Å². The smallest absolute Gasteiger partial charge is 0.158 e. The first-order valence-electron chi connectivity index (χ1n) is 11.1. The summed E-state index contributed by atoms with van der Waals surface area (Å²) in [7, 11) is 0. The Labute approximate surface area is 186 Å². The Hall–Kier alpha value is -3.80. The summed E-state index contributed by atoms with van der Waals surface area (Å²) in [6.07, 6.45) is 8.04. The van der Waals surface area contributed by atoms with Gasteiger partial charge < -0.3 is 9.68 Å². The van der Waals surface area contributed by atoms with Crippen LogP contribution in [0.3, 0.4) is 0 Å². The predicted molar refractivity (Wildman–Crippen MR) is 126 cm³/mol. The lowest BCUT2D eigenvalue weighted by Gasteiger charge is -2.09. The molecule has 0 unspecified atom stereocenters. The van der Waals surface area contributed by atoms with E-state index in [0.717, 1.165) is 47.5 Å². The van der Waals surface area contributed by atoms with Gasteiger partial charge in [-0.1, -0.05) is 48.5 Å². The third kappa shape index (κ3) is 4.04. The zero-order chi connectivity index (χ0) is 21.9. The summed E-state index contributed by atoms with van der Waals surface area (Å²) in [5, 5.41) is 10.9. The molecular formula is C26H26N4O2. The minimum Gasteiger partial charge on any atom is -0.357 e. The molecular weight excluding hydrogens is 400 g/mol. The fourth-order valence-electron chi connectivity index (χ4n) is 3.91. The minimum absolute atomic E-state index is 0.675. The topological polar surface area (TPSA) is 54.1 Å². The van der Waals surface area contributed by atoms with E-state index in [4.69, 9.17) is 9.68 Å². The van der Waals surface area contributed by atoms with E-state index in [-0.39, 0.29) is 0 Å². The molecule has 0 atom stereocenters. The molecule has 2 aromatic heterocycles. The molecule has 0 saturated carbocycles. The maximum Gasteiger partial charge on any atom is 0.158 e. The highest BCUT2D eigenvalue weighted by molar-refractivity contribution is 5.79. The number of nitrogens with zero attached hydrogens (tertiary/aromatic N) is 4. The van der Waals surface area contributed by atoms with Gasteiger partial charge in [0, 0.05) is 10.8 Å². The highest BCUT2D eigenvalue weighted by Gasteiger charge is 2.08. The van der Waals surface area contributed by atoms with Crippen molar-refractivity contribution in [3.05, 3.63) is 84.2 Å². The van der Waals surface area contributed by atoms with E-state index in [1.165, 1.54) is 11.1 Å². The van der Waals surface area contributed by atoms with Crippen LogP contribution in [0.5, 0.6) is 11.5 Å². The van der Waals surface area contributed by atoms with Gasteiger partial charge in [0.05, 0.1) is 12.4 Å². The number of rotatable bonds is 8. The molecule has 6 heteroatoms. The van der Waals surface area contributed by atoms with Crippen molar-refractivity contribution in [1.29, 1.82) is 0 Å². The molecule has 0 aliphatic heterocycles. The second-order valence-corrected chi connectivity index (χ2v) is 7.98. The molecule has 0 N–H and O–H groups in total. The highest BCUT2D eigenvalue weighted by atomic mass is 16.7. The second kappa shape index (κ2) is 8.75. The van der Waals surface area contributed by atoms with E-state index in [1.807, 2.05) is 36.7 Å². The summed E-state index contributed by atoms with van der Waals surface area (Å²) < 4.78 is 0. The molecule has 0 radical (unpaired) electrons. The van der Waals surface area contributed by atoms with E-state index in [1.54, 1.807) is 9.69 Å². The van der Waals surface area contributed by atoms with Crippen LogP contribution in [0.15, 0.2) is 73.1 Å². The first-order valence-corrected chi connectivity index (χ1v) is 11.1. The Morgan fingerprint density at radius 1 is 0.625 bits per heavy atom. The highest BCUT2D eigenvalue weighted by Crippen LogP contribution is 2.23. The predicted octanol–water partition coefficient (Wildman–Crippen LogP) is 5.98. The molecule has 0 saturated heterocycles. The molecule has 5 aromatic rings. The largest absolute Gasteiger partial charge is 0.357 e. The van der Waals surface area contributed by atoms with Crippen LogP contribution in [-0.2, 0) is 12.8 Å². The Morgan fingerprint density at radius 2 is 1.06 bits per heavy atom. The molecule has 0 aliphatic carbocycles. The number of hydrogen-bond acceptors (Lipinski definition) is 4. The molecule has 32 heavy (non-hydrogen) atoms. The van der Waals surface area contributed by atoms with Crippen LogP contribution in [0.1, 0.15) is 37.8 Å². The van der Waals surface area contributed by atoms with Gasteiger partial charge in [-0.25, -0.2) is 0 Å². The van der Waals surface area contributed by atoms with Crippen LogP contribution in [0.4, 0.5) is 0 Å². The van der Waals surface area contributed by atoms with Crippen LogP contribution in [-0.4, -0.2) is 19.9 Å². The van der Waals surface area contributed by atoms with Gasteiger partial charge in [-0.15, -0.1) is 10.2 Å². The SMILES string of the molecule is CCCc1ccc2c(cnn2Oc2ccc(On3ncc4cc(CCC)ccc43)cc2)c1. The molecule has 6 nitrogen and oxygen atoms in total. The Kier molecular flexibility index (Phi) is 5.50. The van der Waals surface area contributed by atoms with Crippen molar-refractivity contribution in [2.45, 2.75) is 39.5 Å². The molecule has 0 amide bonds. The van der Waals surface area contributed by atoms with Crippen molar-refractivity contribution >= 4 is 21.8 Å². The van der Waals surface area contributed by atoms with Gasteiger partial charge in [0.15, 0.2) is 11.5 Å². The lowest BCUT2D eigenvalue weighted by molar-refractivity contribution is 0.184. The molecule has 0 bridgehead atoms. The lowest BCUT2D eigenvalue weighted by Crippen LogP contribution is -2.08. The van der Waals surface area contributed by atoms with Gasteiger partial charge in [-0.05, 0) is 72.5 Å². The van der Waals surface area contributed by atoms with E-state index in [0.29, 0.717) is 11.5 Å². The minimum atomic E-state index is 0.675. The van der Waals surface area contributed by atoms with Crippen molar-refractivity contribution in [3.8, 4) is 11.5 Å². The number of benzene rings is 3. The van der Waals surface area contributed by atoms with Gasteiger partial charge in [0.1, 0.15) is 11.0 Å². The van der Waals surface area contributed by atoms with Gasteiger partial charge >= 0.3 is 0 Å². The van der Waals surface area contributed by atoms with Crippen LogP contribution in [0, 0.1) is 0 Å². The normalized spacial score (nSPS) is 11.3. The van der Waals surface area contributed by atoms with Crippen molar-refractivity contribution in [3.63, 3.8) is 0 Å². The van der Waals surface area contributed by atoms with Crippen molar-refractivity contribution in [2.24, 2.45) is 0 Å². The molecule has 0 fully saturated rings. The molecule has 0 aliphatic rings. The summed E-state index contributed by atoms with van der Waals surface area (Å²) >= 11 is 0. The van der Waals surface area contributed by atoms with Crippen LogP contribution < -0.4 is 9.68 Å². The number of aryl methyl sites for hydroxylation is 2. The fourth-order valence-corrected chi connectivity index (χ4v) is 3.91. The fraction of sp³-hybridized carbons (Fsp3) is 0.231. The summed E-state index contributed by atoms with van der Waals surface area (Å²) in [6, 6.07) is 20.1. The summed E-state index contributed by atoms with van der Waals surface area (Å²) in [5.74, 6) is 1.35. The van der Waals surface area contributed by atoms with Crippen LogP contribution >= 0.6 is 0 Å². The average molecular weight is 427 g/mol. The third-order valence-corrected chi connectivity index (χ3v) is 5.48. The number of hydrogen-bond donors (Lipinski definition) is 0. The number of fused-ring (bicyclic) bond motifs is 2. The summed E-state index contributed by atoms with van der Waals surface area (Å²) in [4.78, 5) is 15.0. The summed E-state index contributed by atoms with van der Waals surface area (Å²) in [6.45, 7) is 4.37. The number of aromatic nitrogens is 4. The Morgan fingerprint density at radius 3 is 1.47 bits per heavy atom. The van der Waals surface area contributed by atoms with Crippen molar-refractivity contribution in [2.75, 3.05) is 0 Å². The molecule has 2 heterocycles. The maximum absolute atomic E-state index is 5.96. The average Bonchev–Trinajstić information content (AvgIpc) is 3.39. The molecule has 162 valence electrons. The lowest BCUT2D eigenvalue weighted by atomic mass is 10.1. The second-order valence-electron chi connectivity index (χ2n) is 7.98. The quantitative estimate of drug-likeness (QED) is 0.306. The maximum atomic E-state index is 5.96. The third-order valence-electron chi connectivity index (χ3n) is 5.48. The standard InChI is InChI=1S/C26H26N4O2/c1-3-5-19-7-13-25-21(15-19)17-27-29(25)31-23-9-11-24(12-10-23)32-30-26-14-8-20(6-4-2)16-22(26)18-28-30/h7-18H,3-6H2,1-2H3. The first-order chi connectivity index (χ1) is 15.7. The van der Waals surface area contributed by atoms with Gasteiger partial charge in [0.25, 0.3) is 0 Å². The van der Waals surface area contributed by atoms with E-state index in [9.17, 15) is 0 Å². The van der Waals surface area contributed by atoms with Crippen LogP contribution in [0.25, 0.3) is 21.8 Å². The van der Waals surface area contributed by atoms with Gasteiger partial charge in [-0.2, -0.15) is 0 Å². The molecule has 3 aromatic carbocycles. The molecule has 0 spiro atoms. The van der Waals surface area contributed by atoms with E-state index < -0.39 is 0 Å². The van der Waals surface area contributed by atoms with E-state index >= 15 is 0 Å². The zero-order valence-corrected chi connectivity index (χ0v) is 18.4.